The summed E-state index contributed by atoms with van der Waals surface area (Å²) in [4.78, 5) is 8.22. The van der Waals surface area contributed by atoms with Crippen LogP contribution in [0.25, 0.3) is 0 Å². The van der Waals surface area contributed by atoms with E-state index in [9.17, 15) is 0 Å². The Balaban J connectivity index is 1.95. The maximum atomic E-state index is 5.99. The summed E-state index contributed by atoms with van der Waals surface area (Å²) in [7, 11) is 0. The molecule has 1 N–H and O–H groups in total. The van der Waals surface area contributed by atoms with Crippen molar-refractivity contribution in [1.82, 2.24) is 9.97 Å². The lowest BCUT2D eigenvalue weighted by atomic mass is 10.2. The van der Waals surface area contributed by atoms with E-state index in [-0.39, 0.29) is 0 Å². The lowest BCUT2D eigenvalue weighted by molar-refractivity contribution is 0.795. The molecule has 16 heavy (non-hydrogen) atoms. The van der Waals surface area contributed by atoms with Gasteiger partial charge in [-0.15, -0.1) is 11.3 Å². The third kappa shape index (κ3) is 2.71. The molecule has 0 spiro atoms. The molecule has 1 atom stereocenters. The van der Waals surface area contributed by atoms with Gasteiger partial charge in [-0.25, -0.2) is 4.98 Å². The molecule has 0 saturated heterocycles. The minimum atomic E-state index is 0.379. The third-order valence-electron chi connectivity index (χ3n) is 2.24. The van der Waals surface area contributed by atoms with E-state index >= 15 is 0 Å². The van der Waals surface area contributed by atoms with Crippen LogP contribution in [0.2, 0.25) is 5.02 Å². The van der Waals surface area contributed by atoms with Crippen LogP contribution in [0.3, 0.4) is 0 Å². The molecule has 0 aliphatic carbocycles. The van der Waals surface area contributed by atoms with Gasteiger partial charge in [0.1, 0.15) is 0 Å². The van der Waals surface area contributed by atoms with Crippen LogP contribution in [0.1, 0.15) is 17.8 Å². The molecule has 2 heterocycles. The number of nitrogens with zero attached hydrogens (tertiary/aromatic N) is 2. The fourth-order valence-corrected chi connectivity index (χ4v) is 2.23. The molecule has 5 heteroatoms. The predicted molar refractivity (Wildman–Crippen MR) is 68.3 cm³/mol. The van der Waals surface area contributed by atoms with Gasteiger partial charge < -0.3 is 5.32 Å². The van der Waals surface area contributed by atoms with Crippen molar-refractivity contribution in [3.05, 3.63) is 40.1 Å². The molecule has 84 valence electrons. The summed E-state index contributed by atoms with van der Waals surface area (Å²) in [5, 5.41) is 7.07. The van der Waals surface area contributed by atoms with Crippen LogP contribution < -0.4 is 5.32 Å². The minimum Gasteiger partial charge on any atom is -0.383 e. The number of anilines is 1. The molecule has 0 unspecified atom stereocenters. The van der Waals surface area contributed by atoms with Gasteiger partial charge in [-0.3, -0.25) is 4.98 Å². The summed E-state index contributed by atoms with van der Waals surface area (Å²) >= 11 is 7.67. The summed E-state index contributed by atoms with van der Waals surface area (Å²) in [6, 6.07) is 1.87. The largest absolute Gasteiger partial charge is 0.383 e. The molecule has 0 saturated carbocycles. The summed E-state index contributed by atoms with van der Waals surface area (Å²) < 4.78 is 0. The number of halogens is 1. The highest BCUT2D eigenvalue weighted by Crippen LogP contribution is 2.22. The second-order valence-electron chi connectivity index (χ2n) is 3.51. The number of nitrogens with one attached hydrogen (secondary N) is 1. The average molecular weight is 254 g/mol. The summed E-state index contributed by atoms with van der Waals surface area (Å²) in [6.45, 7) is 2.96. The van der Waals surface area contributed by atoms with Crippen molar-refractivity contribution in [3.8, 4) is 0 Å². The van der Waals surface area contributed by atoms with Crippen molar-refractivity contribution < 1.29 is 0 Å². The quantitative estimate of drug-likeness (QED) is 0.908. The monoisotopic (exact) mass is 253 g/mol. The van der Waals surface area contributed by atoms with Gasteiger partial charge in [0.05, 0.1) is 15.7 Å². The summed E-state index contributed by atoms with van der Waals surface area (Å²) in [5.41, 5.74) is 0.917. The zero-order valence-electron chi connectivity index (χ0n) is 8.85. The fourth-order valence-electron chi connectivity index (χ4n) is 1.35. The Morgan fingerprint density at radius 3 is 3.06 bits per heavy atom. The number of thiazole rings is 1. The van der Waals surface area contributed by atoms with Gasteiger partial charge in [-0.2, -0.15) is 0 Å². The molecule has 0 radical (unpaired) electrons. The standard InChI is InChI=1S/C11H12ClN3S/c1-8(11-14-4-5-16-11)6-15-10-2-3-13-7-9(10)12/h2-5,7-8H,6H2,1H3,(H,13,15)/t8-/m0/s1. The van der Waals surface area contributed by atoms with Crippen molar-refractivity contribution in [2.75, 3.05) is 11.9 Å². The maximum absolute atomic E-state index is 5.99. The van der Waals surface area contributed by atoms with E-state index < -0.39 is 0 Å². The summed E-state index contributed by atoms with van der Waals surface area (Å²) in [6.07, 6.45) is 5.19. The highest BCUT2D eigenvalue weighted by atomic mass is 35.5. The molecule has 0 aliphatic rings. The first-order valence-electron chi connectivity index (χ1n) is 5.00. The molecule has 3 nitrogen and oxygen atoms in total. The maximum Gasteiger partial charge on any atom is 0.0970 e. The van der Waals surface area contributed by atoms with Crippen molar-refractivity contribution in [3.63, 3.8) is 0 Å². The van der Waals surface area contributed by atoms with Crippen LogP contribution in [0.15, 0.2) is 30.0 Å². The lowest BCUT2D eigenvalue weighted by Gasteiger charge is -2.11. The van der Waals surface area contributed by atoms with E-state index in [0.717, 1.165) is 17.2 Å². The van der Waals surface area contributed by atoms with Gasteiger partial charge in [-0.05, 0) is 6.07 Å². The zero-order chi connectivity index (χ0) is 11.4. The number of hydrogen-bond donors (Lipinski definition) is 1. The Kier molecular flexibility index (Phi) is 3.74. The molecular weight excluding hydrogens is 242 g/mol. The molecule has 0 aliphatic heterocycles. The molecule has 0 bridgehead atoms. The first-order chi connectivity index (χ1) is 7.77. The Labute approximate surface area is 104 Å². The Morgan fingerprint density at radius 1 is 1.50 bits per heavy atom. The van der Waals surface area contributed by atoms with E-state index in [1.54, 1.807) is 23.7 Å². The van der Waals surface area contributed by atoms with Crippen molar-refractivity contribution >= 4 is 28.6 Å². The van der Waals surface area contributed by atoms with Crippen LogP contribution in [-0.2, 0) is 0 Å². The van der Waals surface area contributed by atoms with E-state index in [2.05, 4.69) is 22.2 Å². The number of rotatable bonds is 4. The van der Waals surface area contributed by atoms with Crippen molar-refractivity contribution in [2.24, 2.45) is 0 Å². The van der Waals surface area contributed by atoms with Crippen molar-refractivity contribution in [1.29, 1.82) is 0 Å². The van der Waals surface area contributed by atoms with Crippen molar-refractivity contribution in [2.45, 2.75) is 12.8 Å². The molecular formula is C11H12ClN3S. The first kappa shape index (κ1) is 11.4. The van der Waals surface area contributed by atoms with E-state index in [4.69, 9.17) is 11.6 Å². The highest BCUT2D eigenvalue weighted by Gasteiger charge is 2.08. The highest BCUT2D eigenvalue weighted by molar-refractivity contribution is 7.09. The van der Waals surface area contributed by atoms with Gasteiger partial charge in [-0.1, -0.05) is 18.5 Å². The summed E-state index contributed by atoms with van der Waals surface area (Å²) in [5.74, 6) is 0.379. The minimum absolute atomic E-state index is 0.379. The van der Waals surface area contributed by atoms with Crippen LogP contribution in [0, 0.1) is 0 Å². The van der Waals surface area contributed by atoms with Gasteiger partial charge in [0.15, 0.2) is 0 Å². The lowest BCUT2D eigenvalue weighted by Crippen LogP contribution is -2.09. The zero-order valence-corrected chi connectivity index (χ0v) is 10.4. The van der Waals surface area contributed by atoms with Gasteiger partial charge in [0, 0.05) is 36.4 Å². The molecule has 2 aromatic rings. The van der Waals surface area contributed by atoms with Crippen LogP contribution in [0.5, 0.6) is 0 Å². The fraction of sp³-hybridized carbons (Fsp3) is 0.273. The van der Waals surface area contributed by atoms with Gasteiger partial charge >= 0.3 is 0 Å². The molecule has 0 amide bonds. The number of pyridine rings is 1. The Bertz CT molecular complexity index is 444. The molecule has 2 rings (SSSR count). The number of hydrogen-bond acceptors (Lipinski definition) is 4. The Morgan fingerprint density at radius 2 is 2.38 bits per heavy atom. The Hall–Kier alpha value is -1.13. The van der Waals surface area contributed by atoms with Gasteiger partial charge in [0.2, 0.25) is 0 Å². The number of aromatic nitrogens is 2. The predicted octanol–water partition coefficient (Wildman–Crippen LogP) is 3.41. The second kappa shape index (κ2) is 5.27. The topological polar surface area (TPSA) is 37.8 Å². The SMILES string of the molecule is C[C@@H](CNc1ccncc1Cl)c1nccs1. The first-order valence-corrected chi connectivity index (χ1v) is 6.26. The molecule has 0 fully saturated rings. The van der Waals surface area contributed by atoms with E-state index in [0.29, 0.717) is 10.9 Å². The van der Waals surface area contributed by atoms with Crippen LogP contribution in [0.4, 0.5) is 5.69 Å². The molecule has 2 aromatic heterocycles. The van der Waals surface area contributed by atoms with Crippen LogP contribution in [-0.4, -0.2) is 16.5 Å². The second-order valence-corrected chi connectivity index (χ2v) is 4.84. The van der Waals surface area contributed by atoms with Crippen LogP contribution >= 0.6 is 22.9 Å². The molecule has 0 aromatic carbocycles. The van der Waals surface area contributed by atoms with E-state index in [1.165, 1.54) is 0 Å². The van der Waals surface area contributed by atoms with E-state index in [1.807, 2.05) is 17.6 Å². The average Bonchev–Trinajstić information content (AvgIpc) is 2.81. The smallest absolute Gasteiger partial charge is 0.0970 e. The third-order valence-corrected chi connectivity index (χ3v) is 3.55. The van der Waals surface area contributed by atoms with Gasteiger partial charge in [0.25, 0.3) is 0 Å². The normalized spacial score (nSPS) is 12.4.